The number of carbonyl (C=O) groups is 3. The maximum atomic E-state index is 11.7. The number of nitrogens with one attached hydrogen (secondary N) is 1. The summed E-state index contributed by atoms with van der Waals surface area (Å²) in [5, 5.41) is 18.1. The standard InChI is InChI=1S/C7H8F3NO5/c8-7(9,10)2-4(12)11-3(6(15)16)1-5(13)14/h3H,1-2H2,(H,11,12)(H,13,14)(H,15,16). The molecule has 0 aliphatic rings. The van der Waals surface area contributed by atoms with Crippen LogP contribution in [-0.2, 0) is 14.4 Å². The fraction of sp³-hybridized carbons (Fsp3) is 0.571. The van der Waals surface area contributed by atoms with Gasteiger partial charge in [-0.25, -0.2) is 4.79 Å². The fourth-order valence-corrected chi connectivity index (χ4v) is 0.802. The minimum Gasteiger partial charge on any atom is -0.481 e. The van der Waals surface area contributed by atoms with E-state index < -0.39 is 42.9 Å². The number of halogens is 3. The first-order chi connectivity index (χ1) is 7.11. The van der Waals surface area contributed by atoms with E-state index in [0.717, 1.165) is 0 Å². The molecular weight excluding hydrogens is 235 g/mol. The molecule has 0 aromatic carbocycles. The number of carbonyl (C=O) groups excluding carboxylic acids is 1. The molecule has 0 fully saturated rings. The first-order valence-electron chi connectivity index (χ1n) is 3.92. The van der Waals surface area contributed by atoms with Crippen LogP contribution in [0.15, 0.2) is 0 Å². The van der Waals surface area contributed by atoms with E-state index in [2.05, 4.69) is 0 Å². The van der Waals surface area contributed by atoms with Gasteiger partial charge in [0.15, 0.2) is 0 Å². The van der Waals surface area contributed by atoms with Crippen LogP contribution in [0.5, 0.6) is 0 Å². The van der Waals surface area contributed by atoms with E-state index in [9.17, 15) is 27.6 Å². The molecule has 0 aromatic heterocycles. The summed E-state index contributed by atoms with van der Waals surface area (Å²) in [4.78, 5) is 31.2. The quantitative estimate of drug-likeness (QED) is 0.629. The first kappa shape index (κ1) is 14.2. The van der Waals surface area contributed by atoms with Gasteiger partial charge in [-0.3, -0.25) is 9.59 Å². The number of hydrogen-bond acceptors (Lipinski definition) is 3. The molecule has 0 aromatic rings. The van der Waals surface area contributed by atoms with Crippen LogP contribution in [0, 0.1) is 0 Å². The van der Waals surface area contributed by atoms with Crippen molar-refractivity contribution < 1.29 is 37.8 Å². The van der Waals surface area contributed by atoms with Crippen molar-refractivity contribution in [3.8, 4) is 0 Å². The third-order valence-corrected chi connectivity index (χ3v) is 1.37. The van der Waals surface area contributed by atoms with Gasteiger partial charge >= 0.3 is 18.1 Å². The molecule has 16 heavy (non-hydrogen) atoms. The summed E-state index contributed by atoms with van der Waals surface area (Å²) in [6, 6.07) is -1.87. The number of amides is 1. The Morgan fingerprint density at radius 2 is 1.69 bits per heavy atom. The summed E-state index contributed by atoms with van der Waals surface area (Å²) in [5.41, 5.74) is 0. The van der Waals surface area contributed by atoms with Crippen LogP contribution in [0.2, 0.25) is 0 Å². The molecule has 0 bridgehead atoms. The maximum absolute atomic E-state index is 11.7. The minimum absolute atomic E-state index is 0.987. The van der Waals surface area contributed by atoms with Crippen molar-refractivity contribution in [2.45, 2.75) is 25.1 Å². The molecule has 0 saturated carbocycles. The summed E-state index contributed by atoms with van der Waals surface area (Å²) in [5.74, 6) is -4.83. The van der Waals surface area contributed by atoms with Gasteiger partial charge < -0.3 is 15.5 Å². The van der Waals surface area contributed by atoms with Crippen LogP contribution in [0.25, 0.3) is 0 Å². The van der Waals surface area contributed by atoms with E-state index in [4.69, 9.17) is 10.2 Å². The van der Waals surface area contributed by atoms with Gasteiger partial charge in [0.05, 0.1) is 6.42 Å². The number of carboxylic acid groups (broad SMARTS) is 2. The predicted molar refractivity (Wildman–Crippen MR) is 42.5 cm³/mol. The van der Waals surface area contributed by atoms with Crippen molar-refractivity contribution in [3.05, 3.63) is 0 Å². The summed E-state index contributed by atoms with van der Waals surface area (Å²) >= 11 is 0. The normalized spacial score (nSPS) is 12.9. The highest BCUT2D eigenvalue weighted by atomic mass is 19.4. The number of rotatable bonds is 5. The van der Waals surface area contributed by atoms with Gasteiger partial charge in [0.2, 0.25) is 5.91 Å². The Bertz CT molecular complexity index is 301. The van der Waals surface area contributed by atoms with Gasteiger partial charge in [-0.05, 0) is 0 Å². The largest absolute Gasteiger partial charge is 0.481 e. The smallest absolute Gasteiger partial charge is 0.397 e. The Kier molecular flexibility index (Phi) is 4.73. The van der Waals surface area contributed by atoms with Crippen LogP contribution in [0.3, 0.4) is 0 Å². The monoisotopic (exact) mass is 243 g/mol. The lowest BCUT2D eigenvalue weighted by Crippen LogP contribution is -2.43. The molecule has 0 aliphatic carbocycles. The number of hydrogen-bond donors (Lipinski definition) is 3. The fourth-order valence-electron chi connectivity index (χ4n) is 0.802. The summed E-state index contributed by atoms with van der Waals surface area (Å²) in [6.07, 6.45) is -7.61. The van der Waals surface area contributed by atoms with Gasteiger partial charge in [-0.2, -0.15) is 13.2 Å². The zero-order valence-corrected chi connectivity index (χ0v) is 7.74. The molecular formula is C7H8F3NO5. The van der Waals surface area contributed by atoms with Gasteiger partial charge in [-0.15, -0.1) is 0 Å². The van der Waals surface area contributed by atoms with Crippen LogP contribution >= 0.6 is 0 Å². The Balaban J connectivity index is 4.35. The Labute approximate surface area is 87.0 Å². The average molecular weight is 243 g/mol. The lowest BCUT2D eigenvalue weighted by atomic mass is 10.2. The Morgan fingerprint density at radius 3 is 2.00 bits per heavy atom. The van der Waals surface area contributed by atoms with Gasteiger partial charge in [0.1, 0.15) is 12.5 Å². The molecule has 0 rings (SSSR count). The van der Waals surface area contributed by atoms with Gasteiger partial charge in [-0.1, -0.05) is 0 Å². The second kappa shape index (κ2) is 5.33. The van der Waals surface area contributed by atoms with Crippen LogP contribution in [-0.4, -0.2) is 40.3 Å². The van der Waals surface area contributed by atoms with E-state index in [1.807, 2.05) is 0 Å². The number of aliphatic carboxylic acids is 2. The zero-order valence-electron chi connectivity index (χ0n) is 7.74. The van der Waals surface area contributed by atoms with Crippen molar-refractivity contribution in [1.82, 2.24) is 5.32 Å². The van der Waals surface area contributed by atoms with Gasteiger partial charge in [0, 0.05) is 0 Å². The minimum atomic E-state index is -4.77. The Morgan fingerprint density at radius 1 is 1.19 bits per heavy atom. The SMILES string of the molecule is O=C(O)CC(NC(=O)CC(F)(F)F)C(=O)O. The van der Waals surface area contributed by atoms with E-state index in [1.165, 1.54) is 5.32 Å². The number of alkyl halides is 3. The molecule has 0 aliphatic heterocycles. The first-order valence-corrected chi connectivity index (χ1v) is 3.92. The molecule has 1 unspecified atom stereocenters. The highest BCUT2D eigenvalue weighted by molar-refractivity contribution is 5.86. The third-order valence-electron chi connectivity index (χ3n) is 1.37. The maximum Gasteiger partial charge on any atom is 0.397 e. The molecule has 1 atom stereocenters. The lowest BCUT2D eigenvalue weighted by Gasteiger charge is -2.13. The summed E-state index contributed by atoms with van der Waals surface area (Å²) < 4.78 is 35.1. The highest BCUT2D eigenvalue weighted by Crippen LogP contribution is 2.19. The molecule has 0 heterocycles. The molecule has 6 nitrogen and oxygen atoms in total. The Hall–Kier alpha value is -1.80. The molecule has 0 radical (unpaired) electrons. The van der Waals surface area contributed by atoms with Crippen molar-refractivity contribution in [3.63, 3.8) is 0 Å². The zero-order chi connectivity index (χ0) is 12.9. The lowest BCUT2D eigenvalue weighted by molar-refractivity contribution is -0.157. The van der Waals surface area contributed by atoms with Crippen LogP contribution < -0.4 is 5.32 Å². The highest BCUT2D eigenvalue weighted by Gasteiger charge is 2.33. The molecule has 1 amide bonds. The molecule has 92 valence electrons. The number of carboxylic acids is 2. The van der Waals surface area contributed by atoms with Crippen molar-refractivity contribution >= 4 is 17.8 Å². The van der Waals surface area contributed by atoms with Crippen LogP contribution in [0.4, 0.5) is 13.2 Å². The van der Waals surface area contributed by atoms with E-state index in [1.54, 1.807) is 0 Å². The van der Waals surface area contributed by atoms with Crippen molar-refractivity contribution in [2.75, 3.05) is 0 Å². The molecule has 9 heteroatoms. The van der Waals surface area contributed by atoms with Gasteiger partial charge in [0.25, 0.3) is 0 Å². The molecule has 0 spiro atoms. The third kappa shape index (κ3) is 6.62. The molecule has 3 N–H and O–H groups in total. The van der Waals surface area contributed by atoms with E-state index in [-0.39, 0.29) is 0 Å². The van der Waals surface area contributed by atoms with Crippen molar-refractivity contribution in [1.29, 1.82) is 0 Å². The van der Waals surface area contributed by atoms with E-state index in [0.29, 0.717) is 0 Å². The van der Waals surface area contributed by atoms with Crippen molar-refractivity contribution in [2.24, 2.45) is 0 Å². The summed E-state index contributed by atoms with van der Waals surface area (Å²) in [7, 11) is 0. The average Bonchev–Trinajstić information content (AvgIpc) is 1.97. The second-order valence-corrected chi connectivity index (χ2v) is 2.85. The molecule has 0 saturated heterocycles. The van der Waals surface area contributed by atoms with E-state index >= 15 is 0 Å². The topological polar surface area (TPSA) is 104 Å². The second-order valence-electron chi connectivity index (χ2n) is 2.85. The van der Waals surface area contributed by atoms with Crippen LogP contribution in [0.1, 0.15) is 12.8 Å². The summed E-state index contributed by atoms with van der Waals surface area (Å²) in [6.45, 7) is 0. The predicted octanol–water partition coefficient (Wildman–Crippen LogP) is -0.0171.